The van der Waals surface area contributed by atoms with Gasteiger partial charge in [-0.2, -0.15) is 0 Å². The maximum absolute atomic E-state index is 12.7. The Labute approximate surface area is 227 Å². The van der Waals surface area contributed by atoms with E-state index in [1.54, 1.807) is 4.90 Å². The van der Waals surface area contributed by atoms with Gasteiger partial charge in [0.1, 0.15) is 5.82 Å². The van der Waals surface area contributed by atoms with E-state index in [9.17, 15) is 14.7 Å². The average molecular weight is 530 g/mol. The molecule has 1 N–H and O–H groups in total. The second kappa shape index (κ2) is 9.03. The Morgan fingerprint density at radius 3 is 2.62 bits per heavy atom. The average Bonchev–Trinajstić information content (AvgIpc) is 3.89. The normalized spacial score (nSPS) is 25.8. The number of aliphatic carboxylic acids is 1. The lowest BCUT2D eigenvalue weighted by molar-refractivity contribution is -0.143. The molecule has 1 aromatic carbocycles. The van der Waals surface area contributed by atoms with Crippen molar-refractivity contribution in [1.82, 2.24) is 19.5 Å². The molecule has 204 valence electrons. The summed E-state index contributed by atoms with van der Waals surface area (Å²) < 4.78 is 7.49. The number of ether oxygens (including phenoxy) is 1. The predicted octanol–water partition coefficient (Wildman–Crippen LogP) is 5.51. The second-order valence-corrected chi connectivity index (χ2v) is 12.0. The number of benzene rings is 1. The summed E-state index contributed by atoms with van der Waals surface area (Å²) in [7, 11) is 1.42. The Hall–Kier alpha value is -3.49. The minimum atomic E-state index is -0.713. The molecule has 1 aliphatic heterocycles. The van der Waals surface area contributed by atoms with Crippen molar-refractivity contribution in [2.75, 3.05) is 12.0 Å². The Balaban J connectivity index is 1.41. The molecule has 3 heterocycles. The molecule has 0 spiro atoms. The van der Waals surface area contributed by atoms with Gasteiger partial charge in [0.25, 0.3) is 0 Å². The SMILES string of the molecule is COC(=O)N1c2ccc3c(nc(C4(c5cncc(C6CC6)n5)CC4)n3[C@@H]3CCC[C@@H](C(=O)O)C3)c2CCC1C. The molecule has 9 nitrogen and oxygen atoms in total. The fraction of sp³-hybridized carbons (Fsp3) is 0.567. The number of aryl methyl sites for hydroxylation is 1. The summed E-state index contributed by atoms with van der Waals surface area (Å²) in [6.45, 7) is 2.05. The van der Waals surface area contributed by atoms with Crippen LogP contribution in [-0.2, 0) is 21.4 Å². The number of methoxy groups -OCH3 is 1. The number of carbonyl (C=O) groups excluding carboxylic acids is 1. The number of anilines is 1. The van der Waals surface area contributed by atoms with E-state index in [0.717, 1.165) is 84.4 Å². The first-order valence-corrected chi connectivity index (χ1v) is 14.4. The third kappa shape index (κ3) is 3.92. The lowest BCUT2D eigenvalue weighted by atomic mass is 9.85. The fourth-order valence-electron chi connectivity index (χ4n) is 7.01. The van der Waals surface area contributed by atoms with Gasteiger partial charge >= 0.3 is 12.1 Å². The van der Waals surface area contributed by atoms with Crippen LogP contribution in [0.1, 0.15) is 99.4 Å². The number of carboxylic acids is 1. The highest BCUT2D eigenvalue weighted by Gasteiger charge is 2.53. The second-order valence-electron chi connectivity index (χ2n) is 12.0. The largest absolute Gasteiger partial charge is 0.481 e. The molecule has 3 aliphatic carbocycles. The topological polar surface area (TPSA) is 110 Å². The monoisotopic (exact) mass is 529 g/mol. The van der Waals surface area contributed by atoms with Crippen molar-refractivity contribution in [3.8, 4) is 0 Å². The van der Waals surface area contributed by atoms with Crippen molar-refractivity contribution in [2.24, 2.45) is 5.92 Å². The van der Waals surface area contributed by atoms with Gasteiger partial charge in [-0.15, -0.1) is 0 Å². The number of imidazole rings is 1. The first-order chi connectivity index (χ1) is 18.9. The van der Waals surface area contributed by atoms with Crippen LogP contribution in [-0.4, -0.2) is 49.8 Å². The van der Waals surface area contributed by atoms with Gasteiger partial charge < -0.3 is 14.4 Å². The highest BCUT2D eigenvalue weighted by atomic mass is 16.5. The molecule has 0 saturated heterocycles. The molecule has 9 heteroatoms. The number of hydrogen-bond acceptors (Lipinski definition) is 6. The van der Waals surface area contributed by atoms with E-state index in [1.807, 2.05) is 25.4 Å². The molecule has 1 amide bonds. The predicted molar refractivity (Wildman–Crippen MR) is 145 cm³/mol. The smallest absolute Gasteiger partial charge is 0.414 e. The van der Waals surface area contributed by atoms with Gasteiger partial charge in [0, 0.05) is 36.0 Å². The molecule has 0 radical (unpaired) electrons. The van der Waals surface area contributed by atoms with Crippen LogP contribution in [0.4, 0.5) is 10.5 Å². The summed E-state index contributed by atoms with van der Waals surface area (Å²) in [6, 6.07) is 4.19. The number of nitrogens with zero attached hydrogens (tertiary/aromatic N) is 5. The van der Waals surface area contributed by atoms with Gasteiger partial charge in [0.15, 0.2) is 0 Å². The van der Waals surface area contributed by atoms with Gasteiger partial charge in [0.05, 0.1) is 46.6 Å². The van der Waals surface area contributed by atoms with Crippen molar-refractivity contribution < 1.29 is 19.4 Å². The number of carboxylic acid groups (broad SMARTS) is 1. The zero-order valence-corrected chi connectivity index (χ0v) is 22.6. The molecule has 3 aromatic rings. The van der Waals surface area contributed by atoms with Crippen LogP contribution in [0.15, 0.2) is 24.5 Å². The zero-order valence-electron chi connectivity index (χ0n) is 22.6. The van der Waals surface area contributed by atoms with Crippen LogP contribution < -0.4 is 4.90 Å². The van der Waals surface area contributed by atoms with Crippen molar-refractivity contribution in [1.29, 1.82) is 0 Å². The number of fused-ring (bicyclic) bond motifs is 3. The van der Waals surface area contributed by atoms with Gasteiger partial charge in [-0.1, -0.05) is 6.42 Å². The molecule has 3 fully saturated rings. The Morgan fingerprint density at radius 2 is 1.90 bits per heavy atom. The standard InChI is InChI=1S/C30H35N5O4/c1-17-6-9-21-23(34(17)29(38)39-2)10-11-24-26(21)33-28(35(24)20-5-3-4-19(14-20)27(36)37)30(12-13-30)25-16-31-15-22(32-25)18-7-8-18/h10-11,15-20H,3-9,12-14H2,1-2H3,(H,36,37)/t17?,19-,20-/m1/s1. The van der Waals surface area contributed by atoms with E-state index in [4.69, 9.17) is 14.7 Å². The lowest BCUT2D eigenvalue weighted by Crippen LogP contribution is -2.42. The van der Waals surface area contributed by atoms with Gasteiger partial charge in [-0.3, -0.25) is 19.7 Å². The van der Waals surface area contributed by atoms with E-state index in [-0.39, 0.29) is 29.5 Å². The van der Waals surface area contributed by atoms with E-state index in [1.165, 1.54) is 20.0 Å². The first-order valence-electron chi connectivity index (χ1n) is 14.4. The third-order valence-corrected chi connectivity index (χ3v) is 9.50. The molecule has 3 atom stereocenters. The maximum Gasteiger partial charge on any atom is 0.414 e. The third-order valence-electron chi connectivity index (χ3n) is 9.50. The van der Waals surface area contributed by atoms with Crippen LogP contribution >= 0.6 is 0 Å². The molecule has 0 bridgehead atoms. The van der Waals surface area contributed by atoms with Crippen LogP contribution in [0.3, 0.4) is 0 Å². The quantitative estimate of drug-likeness (QED) is 0.464. The molecule has 3 saturated carbocycles. The van der Waals surface area contributed by atoms with Crippen LogP contribution in [0.25, 0.3) is 11.0 Å². The van der Waals surface area contributed by atoms with Crippen molar-refractivity contribution >= 4 is 28.8 Å². The molecular formula is C30H35N5O4. The van der Waals surface area contributed by atoms with E-state index in [0.29, 0.717) is 12.3 Å². The number of aromatic nitrogens is 4. The molecule has 39 heavy (non-hydrogen) atoms. The lowest BCUT2D eigenvalue weighted by Gasteiger charge is -2.34. The summed E-state index contributed by atoms with van der Waals surface area (Å²) in [6.07, 6.45) is 12.4. The summed E-state index contributed by atoms with van der Waals surface area (Å²) >= 11 is 0. The highest BCUT2D eigenvalue weighted by Crippen LogP contribution is 2.55. The number of amides is 1. The number of rotatable bonds is 5. The summed E-state index contributed by atoms with van der Waals surface area (Å²) in [5.41, 5.74) is 5.60. The summed E-state index contributed by atoms with van der Waals surface area (Å²) in [4.78, 5) is 41.6. The van der Waals surface area contributed by atoms with Crippen molar-refractivity contribution in [3.63, 3.8) is 0 Å². The Morgan fingerprint density at radius 1 is 1.08 bits per heavy atom. The van der Waals surface area contributed by atoms with Crippen molar-refractivity contribution in [3.05, 3.63) is 47.3 Å². The minimum Gasteiger partial charge on any atom is -0.481 e. The minimum absolute atomic E-state index is 0.0360. The fourth-order valence-corrected chi connectivity index (χ4v) is 7.01. The van der Waals surface area contributed by atoms with Crippen LogP contribution in [0.5, 0.6) is 0 Å². The van der Waals surface area contributed by atoms with Gasteiger partial charge in [-0.25, -0.2) is 9.78 Å². The molecule has 1 unspecified atom stereocenters. The van der Waals surface area contributed by atoms with Crippen LogP contribution in [0.2, 0.25) is 0 Å². The first kappa shape index (κ1) is 24.5. The molecule has 7 rings (SSSR count). The molecule has 4 aliphatic rings. The van der Waals surface area contributed by atoms with Crippen molar-refractivity contribution in [2.45, 2.75) is 94.5 Å². The number of hydrogen-bond donors (Lipinski definition) is 1. The van der Waals surface area contributed by atoms with Gasteiger partial charge in [0.2, 0.25) is 0 Å². The Bertz CT molecular complexity index is 1470. The van der Waals surface area contributed by atoms with E-state index >= 15 is 0 Å². The molecular weight excluding hydrogens is 494 g/mol. The van der Waals surface area contributed by atoms with E-state index in [2.05, 4.69) is 15.6 Å². The summed E-state index contributed by atoms with van der Waals surface area (Å²) in [5.74, 6) is 0.429. The van der Waals surface area contributed by atoms with E-state index < -0.39 is 5.97 Å². The number of carbonyl (C=O) groups is 2. The van der Waals surface area contributed by atoms with Gasteiger partial charge in [-0.05, 0) is 76.8 Å². The zero-order chi connectivity index (χ0) is 26.9. The Kier molecular flexibility index (Phi) is 5.68. The maximum atomic E-state index is 12.7. The summed E-state index contributed by atoms with van der Waals surface area (Å²) in [5, 5.41) is 9.87. The highest BCUT2D eigenvalue weighted by molar-refractivity contribution is 5.95. The van der Waals surface area contributed by atoms with Crippen LogP contribution in [0, 0.1) is 5.92 Å². The molecule has 2 aromatic heterocycles.